The first-order valence-electron chi connectivity index (χ1n) is 6.35. The maximum Gasteiger partial charge on any atom is 0.129 e. The minimum atomic E-state index is -0.285. The molecule has 0 aliphatic rings. The van der Waals surface area contributed by atoms with Crippen molar-refractivity contribution in [2.75, 3.05) is 6.54 Å². The molecule has 102 valence electrons. The van der Waals surface area contributed by atoms with Crippen LogP contribution < -0.4 is 5.32 Å². The molecule has 0 atom stereocenters. The Kier molecular flexibility index (Phi) is 4.93. The molecule has 0 unspecified atom stereocenters. The number of aromatic nitrogens is 2. The molecule has 0 aliphatic carbocycles. The van der Waals surface area contributed by atoms with E-state index in [1.807, 2.05) is 10.8 Å². The Morgan fingerprint density at radius 2 is 2.26 bits per heavy atom. The quantitative estimate of drug-likeness (QED) is 0.824. The standard InChI is InChI=1S/C14H17ClFN3/c1-2-6-17-7-11-8-19(10-18-11)9-12-13(15)4-3-5-14(12)16/h3-5,8,10,17H,2,6-7,9H2,1H3. The van der Waals surface area contributed by atoms with E-state index in [-0.39, 0.29) is 5.82 Å². The van der Waals surface area contributed by atoms with Crippen LogP contribution in [0.4, 0.5) is 4.39 Å². The van der Waals surface area contributed by atoms with Crippen LogP contribution in [-0.4, -0.2) is 16.1 Å². The number of nitrogens with zero attached hydrogens (tertiary/aromatic N) is 2. The Hall–Kier alpha value is -1.39. The van der Waals surface area contributed by atoms with Gasteiger partial charge in [0.15, 0.2) is 0 Å². The summed E-state index contributed by atoms with van der Waals surface area (Å²) in [5, 5.41) is 3.72. The second-order valence-electron chi connectivity index (χ2n) is 4.41. The number of hydrogen-bond acceptors (Lipinski definition) is 2. The first-order chi connectivity index (χ1) is 9.20. The lowest BCUT2D eigenvalue weighted by molar-refractivity contribution is 0.599. The average molecular weight is 282 g/mol. The molecule has 1 aromatic carbocycles. The van der Waals surface area contributed by atoms with Gasteiger partial charge in [-0.25, -0.2) is 9.37 Å². The van der Waals surface area contributed by atoms with E-state index in [2.05, 4.69) is 17.2 Å². The lowest BCUT2D eigenvalue weighted by Gasteiger charge is -2.06. The van der Waals surface area contributed by atoms with Crippen molar-refractivity contribution >= 4 is 11.6 Å². The Morgan fingerprint density at radius 3 is 3.00 bits per heavy atom. The van der Waals surface area contributed by atoms with Crippen molar-refractivity contribution in [1.29, 1.82) is 0 Å². The van der Waals surface area contributed by atoms with E-state index < -0.39 is 0 Å². The molecule has 3 nitrogen and oxygen atoms in total. The van der Waals surface area contributed by atoms with Gasteiger partial charge in [-0.05, 0) is 25.1 Å². The van der Waals surface area contributed by atoms with Gasteiger partial charge in [0.25, 0.3) is 0 Å². The zero-order valence-electron chi connectivity index (χ0n) is 10.9. The second-order valence-corrected chi connectivity index (χ2v) is 4.82. The lowest BCUT2D eigenvalue weighted by Crippen LogP contribution is -2.13. The highest BCUT2D eigenvalue weighted by atomic mass is 35.5. The molecule has 2 rings (SSSR count). The average Bonchev–Trinajstić information content (AvgIpc) is 2.82. The zero-order valence-corrected chi connectivity index (χ0v) is 11.6. The number of hydrogen-bond donors (Lipinski definition) is 1. The summed E-state index contributed by atoms with van der Waals surface area (Å²) < 4.78 is 15.5. The number of halogens is 2. The van der Waals surface area contributed by atoms with Gasteiger partial charge >= 0.3 is 0 Å². The summed E-state index contributed by atoms with van der Waals surface area (Å²) in [5.74, 6) is -0.285. The van der Waals surface area contributed by atoms with E-state index in [4.69, 9.17) is 11.6 Å². The number of nitrogens with one attached hydrogen (secondary N) is 1. The first-order valence-corrected chi connectivity index (χ1v) is 6.72. The molecule has 2 aromatic rings. The summed E-state index contributed by atoms with van der Waals surface area (Å²) in [7, 11) is 0. The van der Waals surface area contributed by atoms with Crippen LogP contribution >= 0.6 is 11.6 Å². The number of imidazole rings is 1. The number of benzene rings is 1. The van der Waals surface area contributed by atoms with Crippen molar-refractivity contribution < 1.29 is 4.39 Å². The molecule has 0 amide bonds. The molecule has 0 bridgehead atoms. The molecule has 19 heavy (non-hydrogen) atoms. The van der Waals surface area contributed by atoms with Crippen LogP contribution in [0, 0.1) is 5.82 Å². The Labute approximate surface area is 117 Å². The molecule has 0 spiro atoms. The van der Waals surface area contributed by atoms with Crippen molar-refractivity contribution in [2.24, 2.45) is 0 Å². The Bertz CT molecular complexity index is 519. The number of rotatable bonds is 6. The monoisotopic (exact) mass is 281 g/mol. The van der Waals surface area contributed by atoms with E-state index in [1.54, 1.807) is 18.5 Å². The molecular formula is C14H17ClFN3. The summed E-state index contributed by atoms with van der Waals surface area (Å²) >= 11 is 6.00. The normalized spacial score (nSPS) is 10.9. The predicted molar refractivity (Wildman–Crippen MR) is 74.7 cm³/mol. The van der Waals surface area contributed by atoms with E-state index in [0.717, 1.165) is 25.2 Å². The largest absolute Gasteiger partial charge is 0.333 e. The van der Waals surface area contributed by atoms with E-state index in [1.165, 1.54) is 6.07 Å². The van der Waals surface area contributed by atoms with Crippen LogP contribution in [0.25, 0.3) is 0 Å². The molecule has 1 heterocycles. The highest BCUT2D eigenvalue weighted by molar-refractivity contribution is 6.31. The summed E-state index contributed by atoms with van der Waals surface area (Å²) in [4.78, 5) is 4.28. The van der Waals surface area contributed by atoms with Crippen molar-refractivity contribution in [3.8, 4) is 0 Å². The Morgan fingerprint density at radius 1 is 1.42 bits per heavy atom. The SMILES string of the molecule is CCCNCc1cn(Cc2c(F)cccc2Cl)cn1. The molecule has 0 radical (unpaired) electrons. The van der Waals surface area contributed by atoms with Crippen molar-refractivity contribution in [3.63, 3.8) is 0 Å². The fourth-order valence-corrected chi connectivity index (χ4v) is 2.07. The maximum atomic E-state index is 13.7. The van der Waals surface area contributed by atoms with Crippen molar-refractivity contribution in [3.05, 3.63) is 52.8 Å². The van der Waals surface area contributed by atoms with Gasteiger partial charge in [-0.15, -0.1) is 0 Å². The molecule has 0 aliphatic heterocycles. The Balaban J connectivity index is 2.03. The summed E-state index contributed by atoms with van der Waals surface area (Å²) in [6.45, 7) is 4.20. The molecule has 1 aromatic heterocycles. The summed E-state index contributed by atoms with van der Waals surface area (Å²) in [5.41, 5.74) is 1.44. The minimum Gasteiger partial charge on any atom is -0.333 e. The van der Waals surface area contributed by atoms with Gasteiger partial charge in [0.05, 0.1) is 18.6 Å². The third-order valence-electron chi connectivity index (χ3n) is 2.82. The van der Waals surface area contributed by atoms with Gasteiger partial charge in [0, 0.05) is 23.3 Å². The summed E-state index contributed by atoms with van der Waals surface area (Å²) in [6, 6.07) is 4.72. The molecular weight excluding hydrogens is 265 g/mol. The van der Waals surface area contributed by atoms with E-state index >= 15 is 0 Å². The van der Waals surface area contributed by atoms with Gasteiger partial charge in [-0.3, -0.25) is 0 Å². The third kappa shape index (κ3) is 3.78. The lowest BCUT2D eigenvalue weighted by atomic mass is 10.2. The third-order valence-corrected chi connectivity index (χ3v) is 3.18. The van der Waals surface area contributed by atoms with Crippen LogP contribution in [0.15, 0.2) is 30.7 Å². The van der Waals surface area contributed by atoms with Crippen molar-refractivity contribution in [1.82, 2.24) is 14.9 Å². The predicted octanol–water partition coefficient (Wildman–Crippen LogP) is 3.22. The van der Waals surface area contributed by atoms with E-state index in [9.17, 15) is 4.39 Å². The van der Waals surface area contributed by atoms with Gasteiger partial charge in [-0.1, -0.05) is 24.6 Å². The smallest absolute Gasteiger partial charge is 0.129 e. The summed E-state index contributed by atoms with van der Waals surface area (Å²) in [6.07, 6.45) is 4.70. The molecule has 1 N–H and O–H groups in total. The van der Waals surface area contributed by atoms with Crippen LogP contribution in [-0.2, 0) is 13.1 Å². The highest BCUT2D eigenvalue weighted by Crippen LogP contribution is 2.20. The van der Waals surface area contributed by atoms with Gasteiger partial charge in [0.1, 0.15) is 5.82 Å². The van der Waals surface area contributed by atoms with Crippen LogP contribution in [0.2, 0.25) is 5.02 Å². The van der Waals surface area contributed by atoms with Gasteiger partial charge in [0.2, 0.25) is 0 Å². The molecule has 0 saturated heterocycles. The zero-order chi connectivity index (χ0) is 13.7. The minimum absolute atomic E-state index is 0.285. The molecule has 0 saturated carbocycles. The van der Waals surface area contributed by atoms with Crippen LogP contribution in [0.5, 0.6) is 0 Å². The van der Waals surface area contributed by atoms with Crippen LogP contribution in [0.1, 0.15) is 24.6 Å². The molecule has 5 heteroatoms. The van der Waals surface area contributed by atoms with E-state index in [0.29, 0.717) is 17.1 Å². The topological polar surface area (TPSA) is 29.9 Å². The van der Waals surface area contributed by atoms with Crippen LogP contribution in [0.3, 0.4) is 0 Å². The van der Waals surface area contributed by atoms with Crippen molar-refractivity contribution in [2.45, 2.75) is 26.4 Å². The first kappa shape index (κ1) is 14.0. The maximum absolute atomic E-state index is 13.7. The fraction of sp³-hybridized carbons (Fsp3) is 0.357. The van der Waals surface area contributed by atoms with Gasteiger partial charge in [-0.2, -0.15) is 0 Å². The highest BCUT2D eigenvalue weighted by Gasteiger charge is 2.08. The molecule has 0 fully saturated rings. The fourth-order valence-electron chi connectivity index (χ4n) is 1.84. The second kappa shape index (κ2) is 6.68. The van der Waals surface area contributed by atoms with Gasteiger partial charge < -0.3 is 9.88 Å².